The number of esters is 2. The van der Waals surface area contributed by atoms with Crippen molar-refractivity contribution in [2.45, 2.75) is 19.6 Å². The van der Waals surface area contributed by atoms with Gasteiger partial charge in [0.15, 0.2) is 0 Å². The summed E-state index contributed by atoms with van der Waals surface area (Å²) >= 11 is 0. The van der Waals surface area contributed by atoms with Gasteiger partial charge in [0.1, 0.15) is 5.57 Å². The third kappa shape index (κ3) is 4.17. The number of rotatable bonds is 4. The van der Waals surface area contributed by atoms with Gasteiger partial charge in [-0.05, 0) is 23.8 Å². The summed E-state index contributed by atoms with van der Waals surface area (Å²) < 4.78 is 9.99. The molecule has 1 aromatic carbocycles. The van der Waals surface area contributed by atoms with Gasteiger partial charge in [-0.3, -0.25) is 4.79 Å². The number of aliphatic hydroxyl groups excluding tert-OH is 1. The summed E-state index contributed by atoms with van der Waals surface area (Å²) in [5.74, 6) is -3.11. The Hall–Kier alpha value is -2.67. The zero-order chi connectivity index (χ0) is 17.0. The first-order chi connectivity index (χ1) is 10.8. The predicted molar refractivity (Wildman–Crippen MR) is 80.1 cm³/mol. The summed E-state index contributed by atoms with van der Waals surface area (Å²) in [4.78, 5) is 35.4. The number of carbonyl (C=O) groups excluding carboxylic acids is 3. The Morgan fingerprint density at radius 3 is 2.26 bits per heavy atom. The maximum atomic E-state index is 11.8. The molecule has 0 unspecified atom stereocenters. The molecule has 2 N–H and O–H groups in total. The minimum Gasteiger partial charge on any atom is -0.419 e. The van der Waals surface area contributed by atoms with E-state index in [0.717, 1.165) is 0 Å². The summed E-state index contributed by atoms with van der Waals surface area (Å²) in [5, 5.41) is 11.2. The molecule has 7 nitrogen and oxygen atoms in total. The lowest BCUT2D eigenvalue weighted by Crippen LogP contribution is -2.41. The average Bonchev–Trinajstić information content (AvgIpc) is 2.48. The third-order valence-electron chi connectivity index (χ3n) is 3.00. The van der Waals surface area contributed by atoms with E-state index in [1.54, 1.807) is 24.3 Å². The van der Waals surface area contributed by atoms with Gasteiger partial charge in [-0.25, -0.2) is 9.59 Å². The third-order valence-corrected chi connectivity index (χ3v) is 3.00. The smallest absolute Gasteiger partial charge is 0.348 e. The zero-order valence-corrected chi connectivity index (χ0v) is 12.8. The Bertz CT molecular complexity index is 638. The number of aliphatic hydroxyl groups is 1. The lowest BCUT2D eigenvalue weighted by Gasteiger charge is -2.29. The Kier molecular flexibility index (Phi) is 4.80. The molecule has 7 heteroatoms. The number of nitrogens with one attached hydrogen (secondary N) is 1. The molecule has 0 saturated carbocycles. The fraction of sp³-hybridized carbons (Fsp3) is 0.312. The molecule has 1 aliphatic heterocycles. The van der Waals surface area contributed by atoms with Gasteiger partial charge >= 0.3 is 11.9 Å². The summed E-state index contributed by atoms with van der Waals surface area (Å²) in [6.45, 7) is 2.97. The van der Waals surface area contributed by atoms with E-state index in [9.17, 15) is 14.4 Å². The zero-order valence-electron chi connectivity index (χ0n) is 12.8. The highest BCUT2D eigenvalue weighted by Crippen LogP contribution is 2.24. The van der Waals surface area contributed by atoms with E-state index in [2.05, 4.69) is 5.32 Å². The van der Waals surface area contributed by atoms with Gasteiger partial charge in [-0.15, -0.1) is 0 Å². The lowest BCUT2D eigenvalue weighted by atomic mass is 10.1. The Labute approximate surface area is 132 Å². The second-order valence-electron chi connectivity index (χ2n) is 5.34. The maximum Gasteiger partial charge on any atom is 0.348 e. The lowest BCUT2D eigenvalue weighted by molar-refractivity contribution is -0.222. The first-order valence-corrected chi connectivity index (χ1v) is 7.00. The second-order valence-corrected chi connectivity index (χ2v) is 5.34. The Balaban J connectivity index is 2.15. The van der Waals surface area contributed by atoms with Crippen molar-refractivity contribution in [3.05, 3.63) is 41.0 Å². The summed E-state index contributed by atoms with van der Waals surface area (Å²) in [6.07, 6.45) is 1.34. The number of hydrogen-bond donors (Lipinski definition) is 2. The largest absolute Gasteiger partial charge is 0.419 e. The molecule has 23 heavy (non-hydrogen) atoms. The van der Waals surface area contributed by atoms with Gasteiger partial charge < -0.3 is 19.9 Å². The van der Waals surface area contributed by atoms with E-state index in [-0.39, 0.29) is 24.6 Å². The summed E-state index contributed by atoms with van der Waals surface area (Å²) in [6, 6.07) is 6.26. The molecular weight excluding hydrogens is 302 g/mol. The van der Waals surface area contributed by atoms with Crippen molar-refractivity contribution in [3.8, 4) is 0 Å². The fourth-order valence-electron chi connectivity index (χ4n) is 1.95. The molecule has 1 aliphatic rings. The SMILES string of the molecule is CC1(C)OC(=O)C(=Cc2ccc(C(=O)NCCO)cc2)C(=O)O1. The topological polar surface area (TPSA) is 102 Å². The highest BCUT2D eigenvalue weighted by atomic mass is 16.7. The molecule has 0 aromatic heterocycles. The second kappa shape index (κ2) is 6.62. The highest BCUT2D eigenvalue weighted by molar-refractivity contribution is 6.18. The van der Waals surface area contributed by atoms with Gasteiger partial charge in [-0.2, -0.15) is 0 Å². The molecule has 2 rings (SSSR count). The average molecular weight is 319 g/mol. The van der Waals surface area contributed by atoms with Crippen molar-refractivity contribution in [1.29, 1.82) is 0 Å². The number of benzene rings is 1. The molecule has 1 heterocycles. The van der Waals surface area contributed by atoms with Crippen molar-refractivity contribution in [2.24, 2.45) is 0 Å². The van der Waals surface area contributed by atoms with E-state index in [0.29, 0.717) is 11.1 Å². The standard InChI is InChI=1S/C16H17NO6/c1-16(2)22-14(20)12(15(21)23-16)9-10-3-5-11(6-4-10)13(19)17-7-8-18/h3-6,9,18H,7-8H2,1-2H3,(H,17,19). The maximum absolute atomic E-state index is 11.8. The number of hydrogen-bond acceptors (Lipinski definition) is 6. The van der Waals surface area contributed by atoms with Gasteiger partial charge in [0.2, 0.25) is 0 Å². The fourth-order valence-corrected chi connectivity index (χ4v) is 1.95. The van der Waals surface area contributed by atoms with Crippen LogP contribution >= 0.6 is 0 Å². The van der Waals surface area contributed by atoms with Crippen LogP contribution in [0.15, 0.2) is 29.8 Å². The van der Waals surface area contributed by atoms with Gasteiger partial charge in [0.25, 0.3) is 11.7 Å². The Morgan fingerprint density at radius 2 is 1.74 bits per heavy atom. The summed E-state index contributed by atoms with van der Waals surface area (Å²) in [5.41, 5.74) is 0.740. The number of carbonyl (C=O) groups is 3. The van der Waals surface area contributed by atoms with Gasteiger partial charge in [0, 0.05) is 26.0 Å². The van der Waals surface area contributed by atoms with E-state index in [1.807, 2.05) is 0 Å². The molecule has 0 spiro atoms. The van der Waals surface area contributed by atoms with Crippen molar-refractivity contribution in [3.63, 3.8) is 0 Å². The van der Waals surface area contributed by atoms with Crippen LogP contribution in [-0.2, 0) is 19.1 Å². The highest BCUT2D eigenvalue weighted by Gasteiger charge is 2.38. The van der Waals surface area contributed by atoms with Crippen molar-refractivity contribution < 1.29 is 29.0 Å². The molecule has 0 radical (unpaired) electrons. The molecule has 0 atom stereocenters. The van der Waals surface area contributed by atoms with E-state index < -0.39 is 17.7 Å². The van der Waals surface area contributed by atoms with Crippen molar-refractivity contribution >= 4 is 23.9 Å². The van der Waals surface area contributed by atoms with Crippen LogP contribution in [0.25, 0.3) is 6.08 Å². The predicted octanol–water partition coefficient (Wildman–Crippen LogP) is 0.628. The van der Waals surface area contributed by atoms with Gasteiger partial charge in [0.05, 0.1) is 6.61 Å². The van der Waals surface area contributed by atoms with Crippen LogP contribution in [0.3, 0.4) is 0 Å². The van der Waals surface area contributed by atoms with Crippen molar-refractivity contribution in [1.82, 2.24) is 5.32 Å². The van der Waals surface area contributed by atoms with E-state index in [1.165, 1.54) is 19.9 Å². The van der Waals surface area contributed by atoms with Crippen molar-refractivity contribution in [2.75, 3.05) is 13.2 Å². The molecule has 1 fully saturated rings. The molecule has 1 amide bonds. The van der Waals surface area contributed by atoms with Crippen LogP contribution in [0.4, 0.5) is 0 Å². The first kappa shape index (κ1) is 16.7. The quantitative estimate of drug-likeness (QED) is 0.479. The molecule has 0 aliphatic carbocycles. The number of cyclic esters (lactones) is 2. The van der Waals surface area contributed by atoms with E-state index >= 15 is 0 Å². The Morgan fingerprint density at radius 1 is 1.17 bits per heavy atom. The normalized spacial score (nSPS) is 16.4. The van der Waals surface area contributed by atoms with Crippen LogP contribution in [0.5, 0.6) is 0 Å². The molecule has 1 saturated heterocycles. The van der Waals surface area contributed by atoms with E-state index in [4.69, 9.17) is 14.6 Å². The molecule has 0 bridgehead atoms. The molecule has 1 aromatic rings. The number of amides is 1. The summed E-state index contributed by atoms with van der Waals surface area (Å²) in [7, 11) is 0. The minimum absolute atomic E-state index is 0.142. The first-order valence-electron chi connectivity index (χ1n) is 7.00. The van der Waals surface area contributed by atoms with Gasteiger partial charge in [-0.1, -0.05) is 12.1 Å². The molecular formula is C16H17NO6. The monoisotopic (exact) mass is 319 g/mol. The number of ether oxygens (including phenoxy) is 2. The van der Waals surface area contributed by atoms with Crippen LogP contribution in [0, 0.1) is 0 Å². The van der Waals surface area contributed by atoms with Crippen LogP contribution in [0.1, 0.15) is 29.8 Å². The molecule has 122 valence electrons. The van der Waals surface area contributed by atoms with Crippen LogP contribution in [0.2, 0.25) is 0 Å². The van der Waals surface area contributed by atoms with Crippen LogP contribution in [-0.4, -0.2) is 41.9 Å². The minimum atomic E-state index is -1.28. The van der Waals surface area contributed by atoms with Crippen LogP contribution < -0.4 is 5.32 Å².